The van der Waals surface area contributed by atoms with Gasteiger partial charge in [-0.25, -0.2) is 0 Å². The van der Waals surface area contributed by atoms with Crippen LogP contribution in [0.25, 0.3) is 0 Å². The fourth-order valence-electron chi connectivity index (χ4n) is 3.21. The lowest BCUT2D eigenvalue weighted by atomic mass is 10.1. The summed E-state index contributed by atoms with van der Waals surface area (Å²) in [5.41, 5.74) is 4.62. The summed E-state index contributed by atoms with van der Waals surface area (Å²) in [5.74, 6) is 1.27. The van der Waals surface area contributed by atoms with Crippen LogP contribution in [0.5, 0.6) is 11.5 Å². The molecule has 29 heavy (non-hydrogen) atoms. The van der Waals surface area contributed by atoms with Gasteiger partial charge in [0.15, 0.2) is 11.5 Å². The van der Waals surface area contributed by atoms with Crippen molar-refractivity contribution < 1.29 is 9.47 Å². The summed E-state index contributed by atoms with van der Waals surface area (Å²) in [5, 5.41) is 4.10. The number of benzene rings is 3. The number of hydrogen-bond acceptors (Lipinski definition) is 3. The van der Waals surface area contributed by atoms with Crippen molar-refractivity contribution in [2.24, 2.45) is 0 Å². The normalized spacial score (nSPS) is 11.9. The first-order chi connectivity index (χ1) is 14.1. The quantitative estimate of drug-likeness (QED) is 0.439. The Hall–Kier alpha value is -2.49. The molecule has 0 saturated carbocycles. The van der Waals surface area contributed by atoms with E-state index in [2.05, 4.69) is 55.6 Å². The SMILES string of the molecule is CCOc1cc(CN[C@@H](C)c2ccccc2)cc(Cl)c1OCc1cccc(C)c1. The molecule has 0 amide bonds. The van der Waals surface area contributed by atoms with E-state index in [-0.39, 0.29) is 6.04 Å². The fraction of sp³-hybridized carbons (Fsp3) is 0.280. The predicted octanol–water partition coefficient (Wildman–Crippen LogP) is 6.48. The molecule has 0 heterocycles. The summed E-state index contributed by atoms with van der Waals surface area (Å²) in [6.07, 6.45) is 0. The van der Waals surface area contributed by atoms with Crippen LogP contribution in [0.15, 0.2) is 66.7 Å². The maximum Gasteiger partial charge on any atom is 0.180 e. The summed E-state index contributed by atoms with van der Waals surface area (Å²) in [7, 11) is 0. The van der Waals surface area contributed by atoms with Gasteiger partial charge in [-0.1, -0.05) is 71.8 Å². The average molecular weight is 410 g/mol. The van der Waals surface area contributed by atoms with E-state index < -0.39 is 0 Å². The molecule has 0 fully saturated rings. The Kier molecular flexibility index (Phi) is 7.56. The van der Waals surface area contributed by atoms with E-state index in [1.165, 1.54) is 11.1 Å². The monoisotopic (exact) mass is 409 g/mol. The fourth-order valence-corrected chi connectivity index (χ4v) is 3.50. The van der Waals surface area contributed by atoms with Crippen molar-refractivity contribution in [1.29, 1.82) is 0 Å². The van der Waals surface area contributed by atoms with Crippen molar-refractivity contribution in [1.82, 2.24) is 5.32 Å². The van der Waals surface area contributed by atoms with Gasteiger partial charge >= 0.3 is 0 Å². The first-order valence-corrected chi connectivity index (χ1v) is 10.4. The molecule has 0 bridgehead atoms. The lowest BCUT2D eigenvalue weighted by Crippen LogP contribution is -2.18. The minimum atomic E-state index is 0.239. The van der Waals surface area contributed by atoms with Gasteiger partial charge in [-0.2, -0.15) is 0 Å². The van der Waals surface area contributed by atoms with Gasteiger partial charge in [-0.15, -0.1) is 0 Å². The highest BCUT2D eigenvalue weighted by atomic mass is 35.5. The topological polar surface area (TPSA) is 30.5 Å². The second-order valence-electron chi connectivity index (χ2n) is 7.13. The third-order valence-electron chi connectivity index (χ3n) is 4.75. The highest BCUT2D eigenvalue weighted by Crippen LogP contribution is 2.37. The molecule has 1 N–H and O–H groups in total. The molecule has 3 rings (SSSR count). The van der Waals surface area contributed by atoms with Gasteiger partial charge in [0.25, 0.3) is 0 Å². The number of rotatable bonds is 9. The summed E-state index contributed by atoms with van der Waals surface area (Å²) in [4.78, 5) is 0. The van der Waals surface area contributed by atoms with Gasteiger partial charge in [0, 0.05) is 12.6 Å². The first-order valence-electron chi connectivity index (χ1n) is 9.98. The molecule has 152 valence electrons. The average Bonchev–Trinajstić information content (AvgIpc) is 2.72. The third kappa shape index (κ3) is 5.99. The molecule has 3 aromatic carbocycles. The maximum absolute atomic E-state index is 6.57. The lowest BCUT2D eigenvalue weighted by Gasteiger charge is -2.18. The zero-order chi connectivity index (χ0) is 20.6. The number of hydrogen-bond donors (Lipinski definition) is 1. The smallest absolute Gasteiger partial charge is 0.180 e. The molecule has 3 nitrogen and oxygen atoms in total. The van der Waals surface area contributed by atoms with Gasteiger partial charge in [-0.05, 0) is 49.6 Å². The first kappa shape index (κ1) is 21.2. The van der Waals surface area contributed by atoms with Crippen LogP contribution in [-0.2, 0) is 13.2 Å². The standard InChI is InChI=1S/C25H28ClNO2/c1-4-28-24-15-21(16-27-19(3)22-11-6-5-7-12-22)14-23(26)25(24)29-17-20-10-8-9-18(2)13-20/h5-15,19,27H,4,16-17H2,1-3H3/t19-/m0/s1. The number of halogens is 1. The molecular weight excluding hydrogens is 382 g/mol. The second-order valence-corrected chi connectivity index (χ2v) is 7.54. The van der Waals surface area contributed by atoms with E-state index in [0.29, 0.717) is 36.3 Å². The van der Waals surface area contributed by atoms with Gasteiger partial charge < -0.3 is 14.8 Å². The Labute approximate surface area is 178 Å². The van der Waals surface area contributed by atoms with Crippen LogP contribution in [0.4, 0.5) is 0 Å². The van der Waals surface area contributed by atoms with Crippen molar-refractivity contribution in [3.8, 4) is 11.5 Å². The van der Waals surface area contributed by atoms with Crippen molar-refractivity contribution >= 4 is 11.6 Å². The largest absolute Gasteiger partial charge is 0.490 e. The van der Waals surface area contributed by atoms with Gasteiger partial charge in [0.05, 0.1) is 11.6 Å². The van der Waals surface area contributed by atoms with Crippen LogP contribution >= 0.6 is 11.6 Å². The highest BCUT2D eigenvalue weighted by molar-refractivity contribution is 6.32. The molecule has 3 aromatic rings. The number of aryl methyl sites for hydroxylation is 1. The van der Waals surface area contributed by atoms with Crippen LogP contribution < -0.4 is 14.8 Å². The van der Waals surface area contributed by atoms with E-state index in [1.807, 2.05) is 37.3 Å². The zero-order valence-electron chi connectivity index (χ0n) is 17.2. The molecule has 0 aliphatic carbocycles. The molecule has 0 aliphatic rings. The van der Waals surface area contributed by atoms with E-state index in [1.54, 1.807) is 0 Å². The van der Waals surface area contributed by atoms with Gasteiger partial charge in [0.2, 0.25) is 0 Å². The lowest BCUT2D eigenvalue weighted by molar-refractivity contribution is 0.269. The van der Waals surface area contributed by atoms with Crippen molar-refractivity contribution in [2.75, 3.05) is 6.61 Å². The highest BCUT2D eigenvalue weighted by Gasteiger charge is 2.14. The number of nitrogens with one attached hydrogen (secondary N) is 1. The van der Waals surface area contributed by atoms with E-state index in [9.17, 15) is 0 Å². The van der Waals surface area contributed by atoms with Crippen LogP contribution in [-0.4, -0.2) is 6.61 Å². The molecule has 4 heteroatoms. The van der Waals surface area contributed by atoms with Gasteiger partial charge in [0.1, 0.15) is 6.61 Å². The Bertz CT molecular complexity index is 927. The second kappa shape index (κ2) is 10.3. The molecule has 0 aromatic heterocycles. The minimum absolute atomic E-state index is 0.239. The molecule has 0 unspecified atom stereocenters. The maximum atomic E-state index is 6.57. The van der Waals surface area contributed by atoms with Gasteiger partial charge in [-0.3, -0.25) is 0 Å². The van der Waals surface area contributed by atoms with E-state index in [0.717, 1.165) is 11.1 Å². The summed E-state index contributed by atoms with van der Waals surface area (Å²) < 4.78 is 11.9. The molecule has 1 atom stereocenters. The summed E-state index contributed by atoms with van der Waals surface area (Å²) >= 11 is 6.57. The van der Waals surface area contributed by atoms with Crippen molar-refractivity contribution in [3.63, 3.8) is 0 Å². The Morgan fingerprint density at radius 2 is 1.72 bits per heavy atom. The Morgan fingerprint density at radius 3 is 2.45 bits per heavy atom. The van der Waals surface area contributed by atoms with Crippen molar-refractivity contribution in [3.05, 3.63) is 94.0 Å². The Morgan fingerprint density at radius 1 is 0.931 bits per heavy atom. The zero-order valence-corrected chi connectivity index (χ0v) is 18.0. The molecule has 0 spiro atoms. The van der Waals surface area contributed by atoms with Crippen LogP contribution in [0, 0.1) is 6.92 Å². The van der Waals surface area contributed by atoms with E-state index in [4.69, 9.17) is 21.1 Å². The summed E-state index contributed by atoms with van der Waals surface area (Å²) in [6.45, 7) is 7.87. The molecule has 0 radical (unpaired) electrons. The molecular formula is C25H28ClNO2. The molecule has 0 saturated heterocycles. The van der Waals surface area contributed by atoms with Crippen molar-refractivity contribution in [2.45, 2.75) is 40.0 Å². The number of ether oxygens (including phenoxy) is 2. The van der Waals surface area contributed by atoms with E-state index >= 15 is 0 Å². The predicted molar refractivity (Wildman–Crippen MR) is 120 cm³/mol. The molecule has 0 aliphatic heterocycles. The summed E-state index contributed by atoms with van der Waals surface area (Å²) in [6, 6.07) is 22.8. The third-order valence-corrected chi connectivity index (χ3v) is 5.03. The minimum Gasteiger partial charge on any atom is -0.490 e. The van der Waals surface area contributed by atoms with Crippen LogP contribution in [0.3, 0.4) is 0 Å². The van der Waals surface area contributed by atoms with Crippen LogP contribution in [0.1, 0.15) is 42.1 Å². The Balaban J connectivity index is 1.71. The van der Waals surface area contributed by atoms with Crippen LogP contribution in [0.2, 0.25) is 5.02 Å².